The summed E-state index contributed by atoms with van der Waals surface area (Å²) in [6.45, 7) is 2.14. The number of carboxylic acids is 1. The molecule has 1 atom stereocenters. The summed E-state index contributed by atoms with van der Waals surface area (Å²) >= 11 is 0. The summed E-state index contributed by atoms with van der Waals surface area (Å²) in [4.78, 5) is 14.4. The number of hydrogen-bond acceptors (Lipinski definition) is 1. The lowest BCUT2D eigenvalue weighted by molar-refractivity contribution is -0.137. The van der Waals surface area contributed by atoms with E-state index in [1.807, 2.05) is 6.20 Å². The predicted octanol–water partition coefficient (Wildman–Crippen LogP) is 3.70. The van der Waals surface area contributed by atoms with Crippen LogP contribution >= 0.6 is 0 Å². The zero-order valence-corrected chi connectivity index (χ0v) is 11.1. The number of aromatic amines is 1. The van der Waals surface area contributed by atoms with Crippen molar-refractivity contribution in [1.29, 1.82) is 0 Å². The second kappa shape index (κ2) is 4.72. The van der Waals surface area contributed by atoms with Crippen LogP contribution in [0.25, 0.3) is 10.9 Å². The van der Waals surface area contributed by atoms with E-state index in [0.717, 1.165) is 19.3 Å². The van der Waals surface area contributed by atoms with Crippen LogP contribution < -0.4 is 0 Å². The molecule has 1 aromatic heterocycles. The fourth-order valence-electron chi connectivity index (χ4n) is 3.06. The zero-order valence-electron chi connectivity index (χ0n) is 11.1. The largest absolute Gasteiger partial charge is 0.481 e. The Balaban J connectivity index is 2.05. The molecule has 1 unspecified atom stereocenters. The summed E-state index contributed by atoms with van der Waals surface area (Å²) in [5, 5.41) is 10.3. The number of carbonyl (C=O) groups is 1. The van der Waals surface area contributed by atoms with Gasteiger partial charge in [-0.3, -0.25) is 4.79 Å². The van der Waals surface area contributed by atoms with Crippen LogP contribution in [-0.2, 0) is 11.2 Å². The van der Waals surface area contributed by atoms with Gasteiger partial charge in [-0.05, 0) is 42.2 Å². The van der Waals surface area contributed by atoms with Crippen LogP contribution in [0.5, 0.6) is 0 Å². The summed E-state index contributed by atoms with van der Waals surface area (Å²) in [6.07, 6.45) is 5.59. The first-order valence-corrected chi connectivity index (χ1v) is 7.01. The Bertz CT molecular complexity index is 610. The van der Waals surface area contributed by atoms with Crippen molar-refractivity contribution in [1.82, 2.24) is 4.98 Å². The molecular weight excluding hydrogens is 238 g/mol. The highest BCUT2D eigenvalue weighted by Gasteiger charge is 2.35. The van der Waals surface area contributed by atoms with Crippen molar-refractivity contribution < 1.29 is 9.90 Å². The van der Waals surface area contributed by atoms with E-state index in [0.29, 0.717) is 5.92 Å². The van der Waals surface area contributed by atoms with Gasteiger partial charge < -0.3 is 10.1 Å². The summed E-state index contributed by atoms with van der Waals surface area (Å²) in [5.74, 6) is 0.0247. The van der Waals surface area contributed by atoms with Crippen LogP contribution in [0.4, 0.5) is 0 Å². The Morgan fingerprint density at radius 2 is 2.26 bits per heavy atom. The number of carboxylic acid groups (broad SMARTS) is 1. The number of aromatic nitrogens is 1. The molecule has 0 bridgehead atoms. The van der Waals surface area contributed by atoms with Crippen LogP contribution in [0.3, 0.4) is 0 Å². The number of aliphatic carboxylic acids is 1. The summed E-state index contributed by atoms with van der Waals surface area (Å²) in [5.41, 5.74) is 3.67. The van der Waals surface area contributed by atoms with E-state index in [1.54, 1.807) is 0 Å². The number of benzene rings is 1. The van der Waals surface area contributed by atoms with Crippen molar-refractivity contribution in [2.45, 2.75) is 38.5 Å². The first kappa shape index (κ1) is 12.3. The minimum Gasteiger partial charge on any atom is -0.481 e. The van der Waals surface area contributed by atoms with Crippen LogP contribution in [0.1, 0.15) is 43.2 Å². The molecule has 0 aliphatic heterocycles. The van der Waals surface area contributed by atoms with Gasteiger partial charge in [-0.1, -0.05) is 25.1 Å². The number of rotatable bonds is 5. The monoisotopic (exact) mass is 257 g/mol. The average Bonchev–Trinajstić information content (AvgIpc) is 3.14. The molecule has 100 valence electrons. The Hall–Kier alpha value is -1.77. The van der Waals surface area contributed by atoms with E-state index in [4.69, 9.17) is 5.11 Å². The fraction of sp³-hybridized carbons (Fsp3) is 0.438. The first-order chi connectivity index (χ1) is 9.20. The maximum atomic E-state index is 11.1. The molecule has 0 amide bonds. The SMILES string of the molecule is CCc1cccc2c(C(CC(=O)O)C3CC3)c[nH]c12. The summed E-state index contributed by atoms with van der Waals surface area (Å²) in [7, 11) is 0. The van der Waals surface area contributed by atoms with Gasteiger partial charge in [0.25, 0.3) is 0 Å². The molecular formula is C16H19NO2. The molecule has 1 fully saturated rings. The van der Waals surface area contributed by atoms with Gasteiger partial charge in [0.15, 0.2) is 0 Å². The van der Waals surface area contributed by atoms with E-state index in [-0.39, 0.29) is 12.3 Å². The highest BCUT2D eigenvalue weighted by atomic mass is 16.4. The molecule has 1 saturated carbocycles. The van der Waals surface area contributed by atoms with Crippen molar-refractivity contribution >= 4 is 16.9 Å². The topological polar surface area (TPSA) is 53.1 Å². The highest BCUT2D eigenvalue weighted by Crippen LogP contribution is 2.46. The van der Waals surface area contributed by atoms with Crippen molar-refractivity contribution in [2.75, 3.05) is 0 Å². The van der Waals surface area contributed by atoms with Gasteiger partial charge in [0.05, 0.1) is 6.42 Å². The lowest BCUT2D eigenvalue weighted by Crippen LogP contribution is -2.07. The Kier molecular flexibility index (Phi) is 3.05. The molecule has 19 heavy (non-hydrogen) atoms. The Morgan fingerprint density at radius 1 is 1.47 bits per heavy atom. The van der Waals surface area contributed by atoms with Crippen LogP contribution in [0.2, 0.25) is 0 Å². The third-order valence-electron chi connectivity index (χ3n) is 4.20. The fourth-order valence-corrected chi connectivity index (χ4v) is 3.06. The molecule has 0 saturated heterocycles. The normalized spacial score (nSPS) is 16.7. The van der Waals surface area contributed by atoms with Gasteiger partial charge in [-0.25, -0.2) is 0 Å². The molecule has 1 heterocycles. The second-order valence-electron chi connectivity index (χ2n) is 5.48. The summed E-state index contributed by atoms with van der Waals surface area (Å²) < 4.78 is 0. The number of hydrogen-bond donors (Lipinski definition) is 2. The molecule has 3 rings (SSSR count). The summed E-state index contributed by atoms with van der Waals surface area (Å²) in [6, 6.07) is 6.31. The maximum Gasteiger partial charge on any atom is 0.303 e. The predicted molar refractivity (Wildman–Crippen MR) is 75.4 cm³/mol. The van der Waals surface area contributed by atoms with E-state index < -0.39 is 5.97 Å². The molecule has 0 spiro atoms. The van der Waals surface area contributed by atoms with Gasteiger partial charge >= 0.3 is 5.97 Å². The van der Waals surface area contributed by atoms with Crippen molar-refractivity contribution in [2.24, 2.45) is 5.92 Å². The van der Waals surface area contributed by atoms with E-state index in [2.05, 4.69) is 30.1 Å². The van der Waals surface area contributed by atoms with Gasteiger partial charge in [0, 0.05) is 17.1 Å². The lowest BCUT2D eigenvalue weighted by atomic mass is 9.90. The third-order valence-corrected chi connectivity index (χ3v) is 4.20. The van der Waals surface area contributed by atoms with Crippen molar-refractivity contribution in [3.05, 3.63) is 35.5 Å². The number of H-pyrrole nitrogens is 1. The zero-order chi connectivity index (χ0) is 13.4. The number of aryl methyl sites for hydroxylation is 1. The van der Waals surface area contributed by atoms with E-state index in [9.17, 15) is 4.79 Å². The second-order valence-corrected chi connectivity index (χ2v) is 5.48. The first-order valence-electron chi connectivity index (χ1n) is 7.01. The van der Waals surface area contributed by atoms with E-state index in [1.165, 1.54) is 22.0 Å². The molecule has 2 aromatic rings. The Morgan fingerprint density at radius 3 is 2.89 bits per heavy atom. The van der Waals surface area contributed by atoms with Gasteiger partial charge in [-0.15, -0.1) is 0 Å². The minimum absolute atomic E-state index is 0.165. The average molecular weight is 257 g/mol. The van der Waals surface area contributed by atoms with Gasteiger partial charge in [-0.2, -0.15) is 0 Å². The quantitative estimate of drug-likeness (QED) is 0.858. The standard InChI is InChI=1S/C16H19NO2/c1-2-10-4-3-5-12-14(9-17-16(10)12)13(8-15(18)19)11-6-7-11/h3-5,9,11,13,17H,2,6-8H2,1H3,(H,18,19). The van der Waals surface area contributed by atoms with Crippen LogP contribution in [-0.4, -0.2) is 16.1 Å². The smallest absolute Gasteiger partial charge is 0.303 e. The van der Waals surface area contributed by atoms with Crippen molar-refractivity contribution in [3.8, 4) is 0 Å². The van der Waals surface area contributed by atoms with Gasteiger partial charge in [0.2, 0.25) is 0 Å². The highest BCUT2D eigenvalue weighted by molar-refractivity contribution is 5.87. The maximum absolute atomic E-state index is 11.1. The van der Waals surface area contributed by atoms with Crippen molar-refractivity contribution in [3.63, 3.8) is 0 Å². The third kappa shape index (κ3) is 2.25. The molecule has 2 N–H and O–H groups in total. The lowest BCUT2D eigenvalue weighted by Gasteiger charge is -2.13. The number of para-hydroxylation sites is 1. The molecule has 0 radical (unpaired) electrons. The van der Waals surface area contributed by atoms with Crippen LogP contribution in [0.15, 0.2) is 24.4 Å². The molecule has 1 aliphatic carbocycles. The number of fused-ring (bicyclic) bond motifs is 1. The molecule has 1 aromatic carbocycles. The molecule has 1 aliphatic rings. The van der Waals surface area contributed by atoms with Crippen LogP contribution in [0, 0.1) is 5.92 Å². The number of nitrogens with one attached hydrogen (secondary N) is 1. The molecule has 3 nitrogen and oxygen atoms in total. The minimum atomic E-state index is -0.696. The molecule has 3 heteroatoms. The Labute approximate surface area is 112 Å². The van der Waals surface area contributed by atoms with Gasteiger partial charge in [0.1, 0.15) is 0 Å². The van der Waals surface area contributed by atoms with E-state index >= 15 is 0 Å².